The van der Waals surface area contributed by atoms with Gasteiger partial charge in [-0.15, -0.1) is 0 Å². The summed E-state index contributed by atoms with van der Waals surface area (Å²) in [6, 6.07) is 12.2. The van der Waals surface area contributed by atoms with Crippen LogP contribution in [-0.2, 0) is 4.79 Å². The highest BCUT2D eigenvalue weighted by atomic mass is 16.6. The van der Waals surface area contributed by atoms with Crippen LogP contribution in [0.4, 0.5) is 17.1 Å². The van der Waals surface area contributed by atoms with Gasteiger partial charge in [-0.25, -0.2) is 0 Å². The molecule has 0 unspecified atom stereocenters. The van der Waals surface area contributed by atoms with Crippen LogP contribution in [0, 0.1) is 24.0 Å². The van der Waals surface area contributed by atoms with Crippen LogP contribution in [0.2, 0.25) is 0 Å². The maximum atomic E-state index is 12.0. The van der Waals surface area contributed by atoms with E-state index in [2.05, 4.69) is 16.7 Å². The fourth-order valence-corrected chi connectivity index (χ4v) is 2.45. The van der Waals surface area contributed by atoms with Crippen molar-refractivity contribution in [2.75, 3.05) is 17.2 Å². The van der Waals surface area contributed by atoms with Crippen molar-refractivity contribution in [1.29, 1.82) is 0 Å². The molecule has 0 atom stereocenters. The summed E-state index contributed by atoms with van der Waals surface area (Å²) in [4.78, 5) is 22.1. The van der Waals surface area contributed by atoms with Gasteiger partial charge < -0.3 is 10.6 Å². The van der Waals surface area contributed by atoms with Gasteiger partial charge in [0, 0.05) is 36.5 Å². The van der Waals surface area contributed by atoms with Crippen molar-refractivity contribution in [3.05, 3.63) is 63.7 Å². The Bertz CT molecular complexity index is 707. The lowest BCUT2D eigenvalue weighted by molar-refractivity contribution is -0.384. The Morgan fingerprint density at radius 2 is 1.67 bits per heavy atom. The average molecular weight is 327 g/mol. The molecule has 2 N–H and O–H groups in total. The highest BCUT2D eigenvalue weighted by Gasteiger charge is 2.05. The molecule has 0 aliphatic heterocycles. The third kappa shape index (κ3) is 5.39. The molecule has 2 aromatic carbocycles. The molecule has 0 saturated heterocycles. The van der Waals surface area contributed by atoms with E-state index in [0.29, 0.717) is 19.4 Å². The molecule has 0 aliphatic rings. The van der Waals surface area contributed by atoms with Crippen molar-refractivity contribution in [1.82, 2.24) is 0 Å². The minimum absolute atomic E-state index is 0.0227. The van der Waals surface area contributed by atoms with Crippen LogP contribution >= 0.6 is 0 Å². The number of nitro benzene ring substituents is 1. The normalized spacial score (nSPS) is 10.2. The number of aryl methyl sites for hydroxylation is 2. The van der Waals surface area contributed by atoms with E-state index in [0.717, 1.165) is 22.5 Å². The Balaban J connectivity index is 1.73. The molecular formula is C18H21N3O3. The van der Waals surface area contributed by atoms with Crippen LogP contribution < -0.4 is 10.6 Å². The number of nitrogens with one attached hydrogen (secondary N) is 2. The van der Waals surface area contributed by atoms with Crippen LogP contribution in [0.3, 0.4) is 0 Å². The van der Waals surface area contributed by atoms with Crippen molar-refractivity contribution in [3.8, 4) is 0 Å². The van der Waals surface area contributed by atoms with E-state index in [4.69, 9.17) is 0 Å². The van der Waals surface area contributed by atoms with Gasteiger partial charge in [0.25, 0.3) is 5.69 Å². The lowest BCUT2D eigenvalue weighted by Crippen LogP contribution is -2.13. The summed E-state index contributed by atoms with van der Waals surface area (Å²) in [5.74, 6) is -0.0227. The smallest absolute Gasteiger partial charge is 0.269 e. The summed E-state index contributed by atoms with van der Waals surface area (Å²) < 4.78 is 0. The van der Waals surface area contributed by atoms with E-state index in [1.807, 2.05) is 26.0 Å². The van der Waals surface area contributed by atoms with Gasteiger partial charge in [-0.2, -0.15) is 0 Å². The number of hydrogen-bond donors (Lipinski definition) is 2. The first kappa shape index (κ1) is 17.5. The molecule has 126 valence electrons. The summed E-state index contributed by atoms with van der Waals surface area (Å²) in [5.41, 5.74) is 3.92. The highest BCUT2D eigenvalue weighted by molar-refractivity contribution is 5.90. The first-order valence-corrected chi connectivity index (χ1v) is 7.80. The van der Waals surface area contributed by atoms with Gasteiger partial charge in [0.15, 0.2) is 0 Å². The fourth-order valence-electron chi connectivity index (χ4n) is 2.45. The maximum Gasteiger partial charge on any atom is 0.269 e. The molecule has 0 fully saturated rings. The number of non-ortho nitro benzene ring substituents is 1. The van der Waals surface area contributed by atoms with Gasteiger partial charge in [0.2, 0.25) is 5.91 Å². The van der Waals surface area contributed by atoms with Crippen LogP contribution in [0.15, 0.2) is 42.5 Å². The van der Waals surface area contributed by atoms with Crippen molar-refractivity contribution >= 4 is 23.0 Å². The zero-order valence-corrected chi connectivity index (χ0v) is 13.8. The number of benzene rings is 2. The highest BCUT2D eigenvalue weighted by Crippen LogP contribution is 2.16. The first-order valence-electron chi connectivity index (χ1n) is 7.80. The molecule has 0 spiro atoms. The van der Waals surface area contributed by atoms with Crippen LogP contribution in [0.1, 0.15) is 24.0 Å². The van der Waals surface area contributed by atoms with Gasteiger partial charge in [-0.3, -0.25) is 14.9 Å². The molecule has 6 heteroatoms. The monoisotopic (exact) mass is 327 g/mol. The molecule has 0 radical (unpaired) electrons. The van der Waals surface area contributed by atoms with Gasteiger partial charge in [-0.1, -0.05) is 6.07 Å². The molecule has 0 aromatic heterocycles. The van der Waals surface area contributed by atoms with Gasteiger partial charge in [-0.05, 0) is 55.7 Å². The first-order chi connectivity index (χ1) is 11.4. The molecule has 6 nitrogen and oxygen atoms in total. The zero-order chi connectivity index (χ0) is 17.5. The Hall–Kier alpha value is -2.89. The van der Waals surface area contributed by atoms with Gasteiger partial charge in [0.1, 0.15) is 0 Å². The van der Waals surface area contributed by atoms with Crippen molar-refractivity contribution in [2.24, 2.45) is 0 Å². The summed E-state index contributed by atoms with van der Waals surface area (Å²) >= 11 is 0. The summed E-state index contributed by atoms with van der Waals surface area (Å²) in [7, 11) is 0. The number of rotatable bonds is 7. The molecule has 0 aliphatic carbocycles. The molecule has 0 heterocycles. The van der Waals surface area contributed by atoms with Crippen LogP contribution in [0.25, 0.3) is 0 Å². The van der Waals surface area contributed by atoms with Crippen LogP contribution in [0.5, 0.6) is 0 Å². The lowest BCUT2D eigenvalue weighted by atomic mass is 10.1. The Labute approximate surface area is 141 Å². The molecule has 1 amide bonds. The van der Waals surface area contributed by atoms with E-state index >= 15 is 0 Å². The SMILES string of the molecule is Cc1cc(C)cc(NC(=O)CCCNc2ccc([N+](=O)[O-])cc2)c1. The summed E-state index contributed by atoms with van der Waals surface area (Å²) in [6.07, 6.45) is 1.08. The summed E-state index contributed by atoms with van der Waals surface area (Å²) in [6.45, 7) is 4.62. The molecule has 24 heavy (non-hydrogen) atoms. The number of carbonyl (C=O) groups excluding carboxylic acids is 1. The zero-order valence-electron chi connectivity index (χ0n) is 13.8. The predicted octanol–water partition coefficient (Wildman–Crippen LogP) is 4.04. The predicted molar refractivity (Wildman–Crippen MR) is 95.4 cm³/mol. The molecule has 0 saturated carbocycles. The number of nitro groups is 1. The lowest BCUT2D eigenvalue weighted by Gasteiger charge is -2.08. The number of anilines is 2. The van der Waals surface area contributed by atoms with Crippen molar-refractivity contribution in [2.45, 2.75) is 26.7 Å². The molecule has 0 bridgehead atoms. The van der Waals surface area contributed by atoms with Gasteiger partial charge >= 0.3 is 0 Å². The van der Waals surface area contributed by atoms with E-state index in [1.54, 1.807) is 12.1 Å². The molecular weight excluding hydrogens is 306 g/mol. The largest absolute Gasteiger partial charge is 0.385 e. The van der Waals surface area contributed by atoms with Gasteiger partial charge in [0.05, 0.1) is 4.92 Å². The van der Waals surface area contributed by atoms with E-state index < -0.39 is 4.92 Å². The summed E-state index contributed by atoms with van der Waals surface area (Å²) in [5, 5.41) is 16.6. The van der Waals surface area contributed by atoms with Crippen LogP contribution in [-0.4, -0.2) is 17.4 Å². The second-order valence-corrected chi connectivity index (χ2v) is 5.76. The molecule has 2 aromatic rings. The van der Waals surface area contributed by atoms with E-state index in [1.165, 1.54) is 12.1 Å². The standard InChI is InChI=1S/C18H21N3O3/c1-13-10-14(2)12-16(11-13)20-18(22)4-3-9-19-15-5-7-17(8-6-15)21(23)24/h5-8,10-12,19H,3-4,9H2,1-2H3,(H,20,22). The minimum Gasteiger partial charge on any atom is -0.385 e. The third-order valence-electron chi connectivity index (χ3n) is 3.49. The number of amides is 1. The number of hydrogen-bond acceptors (Lipinski definition) is 4. The minimum atomic E-state index is -0.429. The second-order valence-electron chi connectivity index (χ2n) is 5.76. The maximum absolute atomic E-state index is 12.0. The second kappa shape index (κ2) is 8.10. The van der Waals surface area contributed by atoms with Crippen molar-refractivity contribution < 1.29 is 9.72 Å². The van der Waals surface area contributed by atoms with E-state index in [-0.39, 0.29) is 11.6 Å². The third-order valence-corrected chi connectivity index (χ3v) is 3.49. The quantitative estimate of drug-likeness (QED) is 0.456. The number of nitrogens with zero attached hydrogens (tertiary/aromatic N) is 1. The van der Waals surface area contributed by atoms with Crippen molar-refractivity contribution in [3.63, 3.8) is 0 Å². The fraction of sp³-hybridized carbons (Fsp3) is 0.278. The Morgan fingerprint density at radius 3 is 2.25 bits per heavy atom. The topological polar surface area (TPSA) is 84.3 Å². The Morgan fingerprint density at radius 1 is 1.04 bits per heavy atom. The number of carbonyl (C=O) groups is 1. The Kier molecular flexibility index (Phi) is 5.89. The van der Waals surface area contributed by atoms with E-state index in [9.17, 15) is 14.9 Å². The average Bonchev–Trinajstić information content (AvgIpc) is 2.51. The molecule has 2 rings (SSSR count).